The van der Waals surface area contributed by atoms with E-state index in [4.69, 9.17) is 14.3 Å². The van der Waals surface area contributed by atoms with E-state index in [1.165, 1.54) is 11.3 Å². The highest BCUT2D eigenvalue weighted by Gasteiger charge is 2.15. The lowest BCUT2D eigenvalue weighted by molar-refractivity contribution is -0.123. The first-order chi connectivity index (χ1) is 12.1. The van der Waals surface area contributed by atoms with Crippen LogP contribution in [0.5, 0.6) is 5.75 Å². The van der Waals surface area contributed by atoms with Crippen molar-refractivity contribution in [2.45, 2.75) is 6.92 Å². The predicted molar refractivity (Wildman–Crippen MR) is 93.9 cm³/mol. The predicted octanol–water partition coefficient (Wildman–Crippen LogP) is 1.71. The van der Waals surface area contributed by atoms with Gasteiger partial charge in [0.2, 0.25) is 5.43 Å². The lowest BCUT2D eigenvalue weighted by Gasteiger charge is -2.08. The molecule has 0 radical (unpaired) electrons. The molecule has 8 heteroatoms. The number of amides is 1. The van der Waals surface area contributed by atoms with Gasteiger partial charge in [0, 0.05) is 18.0 Å². The number of aryl methyl sites for hydroxylation is 1. The monoisotopic (exact) mass is 360 g/mol. The number of nitrogens with zero attached hydrogens (tertiary/aromatic N) is 1. The highest BCUT2D eigenvalue weighted by atomic mass is 32.1. The quantitative estimate of drug-likeness (QED) is 0.694. The zero-order chi connectivity index (χ0) is 17.8. The molecule has 7 nitrogen and oxygen atoms in total. The molecule has 2 heterocycles. The lowest BCUT2D eigenvalue weighted by Crippen LogP contribution is -2.31. The van der Waals surface area contributed by atoms with Crippen LogP contribution in [0.4, 0.5) is 0 Å². The molecule has 0 fully saturated rings. The van der Waals surface area contributed by atoms with Gasteiger partial charge in [0.15, 0.2) is 6.61 Å². The van der Waals surface area contributed by atoms with Gasteiger partial charge in [-0.15, -0.1) is 11.3 Å². The second kappa shape index (κ2) is 7.45. The van der Waals surface area contributed by atoms with Crippen LogP contribution in [0.3, 0.4) is 0 Å². The fraction of sp³-hybridized carbons (Fsp3) is 0.235. The van der Waals surface area contributed by atoms with Gasteiger partial charge < -0.3 is 19.6 Å². The third-order valence-electron chi connectivity index (χ3n) is 3.53. The Bertz CT molecular complexity index is 950. The molecule has 2 N–H and O–H groups in total. The van der Waals surface area contributed by atoms with E-state index in [2.05, 4.69) is 10.3 Å². The zero-order valence-corrected chi connectivity index (χ0v) is 14.3. The maximum absolute atomic E-state index is 12.7. The summed E-state index contributed by atoms with van der Waals surface area (Å²) in [6.07, 6.45) is 0. The van der Waals surface area contributed by atoms with Crippen molar-refractivity contribution in [3.05, 3.63) is 45.1 Å². The highest BCUT2D eigenvalue weighted by molar-refractivity contribution is 7.07. The normalized spacial score (nSPS) is 10.8. The van der Waals surface area contributed by atoms with E-state index >= 15 is 0 Å². The third-order valence-corrected chi connectivity index (χ3v) is 4.12. The van der Waals surface area contributed by atoms with Crippen molar-refractivity contribution in [1.29, 1.82) is 0 Å². The van der Waals surface area contributed by atoms with Crippen LogP contribution in [0.2, 0.25) is 0 Å². The average Bonchev–Trinajstić information content (AvgIpc) is 3.12. The van der Waals surface area contributed by atoms with Crippen LogP contribution < -0.4 is 15.5 Å². The van der Waals surface area contributed by atoms with Gasteiger partial charge >= 0.3 is 0 Å². The zero-order valence-electron chi connectivity index (χ0n) is 13.4. The number of carbonyl (C=O) groups is 1. The summed E-state index contributed by atoms with van der Waals surface area (Å²) in [5, 5.41) is 13.4. The van der Waals surface area contributed by atoms with Crippen LogP contribution in [0.15, 0.2) is 38.3 Å². The molecular formula is C17H16N2O5S. The summed E-state index contributed by atoms with van der Waals surface area (Å²) in [5.41, 5.74) is 2.94. The molecule has 2 aromatic heterocycles. The SMILES string of the molecule is Cc1oc2cc(OCC(=O)NCCO)ccc2c(=O)c1-c1cscn1. The van der Waals surface area contributed by atoms with E-state index in [1.54, 1.807) is 36.0 Å². The molecule has 0 saturated carbocycles. The minimum Gasteiger partial charge on any atom is -0.484 e. The number of aliphatic hydroxyl groups excluding tert-OH is 1. The van der Waals surface area contributed by atoms with E-state index in [-0.39, 0.29) is 31.1 Å². The first-order valence-corrected chi connectivity index (χ1v) is 8.51. The summed E-state index contributed by atoms with van der Waals surface area (Å²) in [5.74, 6) is 0.544. The van der Waals surface area contributed by atoms with Gasteiger partial charge in [0.1, 0.15) is 17.1 Å². The van der Waals surface area contributed by atoms with E-state index in [0.717, 1.165) is 0 Å². The summed E-state index contributed by atoms with van der Waals surface area (Å²) in [7, 11) is 0. The largest absolute Gasteiger partial charge is 0.484 e. The molecular weight excluding hydrogens is 344 g/mol. The molecule has 130 valence electrons. The average molecular weight is 360 g/mol. The molecule has 1 amide bonds. The van der Waals surface area contributed by atoms with E-state index in [9.17, 15) is 9.59 Å². The van der Waals surface area contributed by atoms with Crippen LogP contribution in [-0.2, 0) is 4.79 Å². The summed E-state index contributed by atoms with van der Waals surface area (Å²) in [6.45, 7) is 1.57. The van der Waals surface area contributed by atoms with Gasteiger partial charge in [-0.25, -0.2) is 4.98 Å². The van der Waals surface area contributed by atoms with E-state index in [0.29, 0.717) is 33.7 Å². The maximum Gasteiger partial charge on any atom is 0.258 e. The number of hydrogen-bond acceptors (Lipinski definition) is 7. The smallest absolute Gasteiger partial charge is 0.258 e. The number of fused-ring (bicyclic) bond motifs is 1. The minimum atomic E-state index is -0.342. The lowest BCUT2D eigenvalue weighted by atomic mass is 10.1. The van der Waals surface area contributed by atoms with Gasteiger partial charge in [-0.1, -0.05) is 0 Å². The Morgan fingerprint density at radius 3 is 3.00 bits per heavy atom. The van der Waals surface area contributed by atoms with Gasteiger partial charge in [0.05, 0.1) is 28.8 Å². The molecule has 0 aliphatic heterocycles. The van der Waals surface area contributed by atoms with E-state index in [1.807, 2.05) is 0 Å². The van der Waals surface area contributed by atoms with Crippen LogP contribution >= 0.6 is 11.3 Å². The second-order valence-electron chi connectivity index (χ2n) is 5.26. The van der Waals surface area contributed by atoms with Gasteiger partial charge in [-0.2, -0.15) is 0 Å². The first-order valence-electron chi connectivity index (χ1n) is 7.56. The van der Waals surface area contributed by atoms with Gasteiger partial charge in [0.25, 0.3) is 5.91 Å². The van der Waals surface area contributed by atoms with E-state index < -0.39 is 0 Å². The summed E-state index contributed by atoms with van der Waals surface area (Å²) >= 11 is 1.41. The van der Waals surface area contributed by atoms with Crippen molar-refractivity contribution >= 4 is 28.2 Å². The third kappa shape index (κ3) is 3.70. The Morgan fingerprint density at radius 1 is 1.44 bits per heavy atom. The fourth-order valence-electron chi connectivity index (χ4n) is 2.40. The molecule has 0 bridgehead atoms. The van der Waals surface area contributed by atoms with Crippen molar-refractivity contribution in [3.63, 3.8) is 0 Å². The first kappa shape index (κ1) is 17.1. The number of carbonyl (C=O) groups excluding carboxylic acids is 1. The topological polar surface area (TPSA) is 102 Å². The van der Waals surface area contributed by atoms with Crippen LogP contribution in [0, 0.1) is 6.92 Å². The number of aromatic nitrogens is 1. The number of thiazole rings is 1. The van der Waals surface area contributed by atoms with Crippen molar-refractivity contribution in [1.82, 2.24) is 10.3 Å². The number of benzene rings is 1. The van der Waals surface area contributed by atoms with Crippen molar-refractivity contribution in [3.8, 4) is 17.0 Å². The Hall–Kier alpha value is -2.71. The van der Waals surface area contributed by atoms with Crippen LogP contribution in [-0.4, -0.2) is 35.8 Å². The van der Waals surface area contributed by atoms with Crippen molar-refractivity contribution in [2.75, 3.05) is 19.8 Å². The Kier molecular flexibility index (Phi) is 5.11. The Morgan fingerprint density at radius 2 is 2.28 bits per heavy atom. The Labute approximate surface area is 146 Å². The number of hydrogen-bond donors (Lipinski definition) is 2. The molecule has 25 heavy (non-hydrogen) atoms. The highest BCUT2D eigenvalue weighted by Crippen LogP contribution is 2.26. The number of ether oxygens (including phenoxy) is 1. The molecule has 0 unspecified atom stereocenters. The summed E-state index contributed by atoms with van der Waals surface area (Å²) in [4.78, 5) is 28.4. The molecule has 0 spiro atoms. The van der Waals surface area contributed by atoms with Crippen molar-refractivity contribution < 1.29 is 19.1 Å². The molecule has 3 rings (SSSR count). The summed E-state index contributed by atoms with van der Waals surface area (Å²) < 4.78 is 11.1. The molecule has 0 saturated heterocycles. The minimum absolute atomic E-state index is 0.131. The summed E-state index contributed by atoms with van der Waals surface area (Å²) in [6, 6.07) is 4.80. The Balaban J connectivity index is 1.88. The van der Waals surface area contributed by atoms with Crippen molar-refractivity contribution in [2.24, 2.45) is 0 Å². The standard InChI is InChI=1S/C17H16N2O5S/c1-10-16(13-8-25-9-19-13)17(22)12-3-2-11(6-14(12)24-10)23-7-15(21)18-4-5-20/h2-3,6,8-9,20H,4-5,7H2,1H3,(H,18,21). The molecule has 0 aliphatic rings. The molecule has 1 aromatic carbocycles. The van der Waals surface area contributed by atoms with Gasteiger partial charge in [-0.05, 0) is 19.1 Å². The van der Waals surface area contributed by atoms with Crippen LogP contribution in [0.1, 0.15) is 5.76 Å². The number of nitrogens with one attached hydrogen (secondary N) is 1. The molecule has 0 atom stereocenters. The fourth-order valence-corrected chi connectivity index (χ4v) is 2.95. The molecule has 3 aromatic rings. The number of rotatable bonds is 6. The van der Waals surface area contributed by atoms with Gasteiger partial charge in [-0.3, -0.25) is 9.59 Å². The molecule has 0 aliphatic carbocycles. The second-order valence-corrected chi connectivity index (χ2v) is 5.97. The van der Waals surface area contributed by atoms with Crippen LogP contribution in [0.25, 0.3) is 22.2 Å². The maximum atomic E-state index is 12.7. The number of aliphatic hydroxyl groups is 1.